The van der Waals surface area contributed by atoms with E-state index in [4.69, 9.17) is 43.0 Å². The monoisotopic (exact) mass is 1070 g/mol. The van der Waals surface area contributed by atoms with E-state index in [1.165, 1.54) is 31.2 Å². The van der Waals surface area contributed by atoms with Gasteiger partial charge in [0.05, 0.1) is 43.5 Å². The van der Waals surface area contributed by atoms with Gasteiger partial charge in [-0.3, -0.25) is 19.2 Å². The van der Waals surface area contributed by atoms with Crippen LogP contribution in [0.5, 0.6) is 23.0 Å². The Balaban J connectivity index is 1.17. The quantitative estimate of drug-likeness (QED) is 0.0240. The zero-order chi connectivity index (χ0) is 55.9. The normalized spacial score (nSPS) is 29.7. The molecule has 7 aliphatic rings. The van der Waals surface area contributed by atoms with E-state index in [-0.39, 0.29) is 91.0 Å². The van der Waals surface area contributed by atoms with Gasteiger partial charge in [-0.05, 0) is 117 Å². The molecule has 11 atom stereocenters. The molecule has 416 valence electrons. The third-order valence-electron chi connectivity index (χ3n) is 15.5. The van der Waals surface area contributed by atoms with Gasteiger partial charge < -0.3 is 63.4 Å². The summed E-state index contributed by atoms with van der Waals surface area (Å²) in [6.07, 6.45) is 4.79. The SMILES string of the molecule is CC(C)=CCCC1(C)C=Cc2c(c(CC=C(C)C)c3c(c2OC(=O)C(C)CC(=O)c2ccc(O[C@@H]4O[C@H](CO)[C@@H](O)[C@H](O)[C@H]4O)cc2)C(=O)C2=CC4CC5C(C)(C)OC(C/C=C(/C)C(=O)OCCOCCO)(C4=O)C25O3)O1. The molecule has 4 bridgehead atoms. The lowest BCUT2D eigenvalue weighted by Crippen LogP contribution is -2.72. The van der Waals surface area contributed by atoms with Gasteiger partial charge in [-0.15, -0.1) is 0 Å². The van der Waals surface area contributed by atoms with Crippen molar-refractivity contribution < 1.29 is 87.4 Å². The molecule has 18 nitrogen and oxygen atoms in total. The highest BCUT2D eigenvalue weighted by atomic mass is 16.7. The maximum Gasteiger partial charge on any atom is 0.333 e. The Kier molecular flexibility index (Phi) is 16.8. The van der Waals surface area contributed by atoms with Crippen LogP contribution < -0.4 is 18.9 Å². The Hall–Kier alpha value is -5.83. The fourth-order valence-corrected chi connectivity index (χ4v) is 11.4. The van der Waals surface area contributed by atoms with Crippen LogP contribution in [0.1, 0.15) is 126 Å². The number of aliphatic hydroxyl groups is 5. The summed E-state index contributed by atoms with van der Waals surface area (Å²) < 4.78 is 49.7. The number of carbonyl (C=O) groups is 5. The molecule has 0 aromatic heterocycles. The molecule has 3 aliphatic carbocycles. The summed E-state index contributed by atoms with van der Waals surface area (Å²) in [6.45, 7) is 16.0. The van der Waals surface area contributed by atoms with Crippen LogP contribution in [0, 0.1) is 17.8 Å². The zero-order valence-electron chi connectivity index (χ0n) is 45.2. The number of benzene rings is 2. The molecule has 2 aromatic rings. The predicted molar refractivity (Wildman–Crippen MR) is 278 cm³/mol. The Bertz CT molecular complexity index is 2810. The van der Waals surface area contributed by atoms with E-state index in [0.717, 1.165) is 11.1 Å². The second-order valence-electron chi connectivity index (χ2n) is 22.2. The molecule has 0 radical (unpaired) electrons. The van der Waals surface area contributed by atoms with Crippen molar-refractivity contribution in [3.63, 3.8) is 0 Å². The average molecular weight is 1070 g/mol. The van der Waals surface area contributed by atoms with E-state index in [2.05, 4.69) is 6.08 Å². The predicted octanol–water partition coefficient (Wildman–Crippen LogP) is 5.99. The van der Waals surface area contributed by atoms with Crippen molar-refractivity contribution in [2.75, 3.05) is 33.0 Å². The average Bonchev–Trinajstić information content (AvgIpc) is 3.01. The molecule has 1 spiro atoms. The van der Waals surface area contributed by atoms with E-state index in [1.54, 1.807) is 25.2 Å². The lowest BCUT2D eigenvalue weighted by Gasteiger charge is -2.56. The smallest absolute Gasteiger partial charge is 0.333 e. The van der Waals surface area contributed by atoms with E-state index >= 15 is 9.59 Å². The van der Waals surface area contributed by atoms with Crippen molar-refractivity contribution in [1.29, 1.82) is 0 Å². The third kappa shape index (κ3) is 10.7. The van der Waals surface area contributed by atoms with Gasteiger partial charge in [0, 0.05) is 47.0 Å². The molecule has 4 heterocycles. The van der Waals surface area contributed by atoms with Crippen LogP contribution in [-0.4, -0.2) is 141 Å². The van der Waals surface area contributed by atoms with Gasteiger partial charge in [0.2, 0.25) is 6.29 Å². The molecule has 9 rings (SSSR count). The van der Waals surface area contributed by atoms with Crippen LogP contribution in [0.15, 0.2) is 76.9 Å². The van der Waals surface area contributed by atoms with Crippen LogP contribution >= 0.6 is 0 Å². The van der Waals surface area contributed by atoms with Crippen LogP contribution in [-0.2, 0) is 39.8 Å². The van der Waals surface area contributed by atoms with Crippen molar-refractivity contribution in [1.82, 2.24) is 0 Å². The van der Waals surface area contributed by atoms with E-state index in [9.17, 15) is 34.8 Å². The number of carbonyl (C=O) groups excluding carboxylic acids is 5. The fraction of sp³-hybridized carbons (Fsp3) is 0.542. The van der Waals surface area contributed by atoms with Crippen molar-refractivity contribution in [3.8, 4) is 23.0 Å². The highest BCUT2D eigenvalue weighted by Gasteiger charge is 2.81. The van der Waals surface area contributed by atoms with Crippen molar-refractivity contribution in [2.45, 2.75) is 154 Å². The Morgan fingerprint density at radius 3 is 2.26 bits per heavy atom. The molecule has 77 heavy (non-hydrogen) atoms. The minimum Gasteiger partial charge on any atom is -0.482 e. The number of ether oxygens (including phenoxy) is 8. The second kappa shape index (κ2) is 22.5. The second-order valence-corrected chi connectivity index (χ2v) is 22.2. The van der Waals surface area contributed by atoms with Crippen LogP contribution in [0.3, 0.4) is 0 Å². The number of Topliss-reactive ketones (excluding diaryl/α,β-unsaturated/α-hetero) is 3. The van der Waals surface area contributed by atoms with Crippen molar-refractivity contribution >= 4 is 35.4 Å². The first-order valence-corrected chi connectivity index (χ1v) is 26.3. The van der Waals surface area contributed by atoms with E-state index in [0.29, 0.717) is 36.1 Å². The summed E-state index contributed by atoms with van der Waals surface area (Å²) in [4.78, 5) is 72.6. The molecule has 0 amide bonds. The Morgan fingerprint density at radius 1 is 0.870 bits per heavy atom. The summed E-state index contributed by atoms with van der Waals surface area (Å²) in [6, 6.07) is 5.75. The molecule has 18 heteroatoms. The number of rotatable bonds is 21. The topological polar surface area (TPSA) is 260 Å². The van der Waals surface area contributed by atoms with Gasteiger partial charge in [0.15, 0.2) is 34.3 Å². The van der Waals surface area contributed by atoms with E-state index < -0.39 is 101 Å². The van der Waals surface area contributed by atoms with Gasteiger partial charge in [-0.25, -0.2) is 4.79 Å². The molecule has 4 aliphatic heterocycles. The van der Waals surface area contributed by atoms with E-state index in [1.807, 2.05) is 60.6 Å². The minimum absolute atomic E-state index is 0.0490. The summed E-state index contributed by atoms with van der Waals surface area (Å²) in [5, 5.41) is 49.5. The van der Waals surface area contributed by atoms with Gasteiger partial charge in [0.1, 0.15) is 59.4 Å². The Morgan fingerprint density at radius 2 is 1.58 bits per heavy atom. The summed E-state index contributed by atoms with van der Waals surface area (Å²) in [7, 11) is 0. The number of allylic oxidation sites excluding steroid dienone is 5. The number of aliphatic hydroxyl groups excluding tert-OH is 5. The molecule has 6 unspecified atom stereocenters. The zero-order valence-corrected chi connectivity index (χ0v) is 45.2. The molecule has 3 fully saturated rings. The summed E-state index contributed by atoms with van der Waals surface area (Å²) in [5.74, 6) is -4.73. The fourth-order valence-electron chi connectivity index (χ4n) is 11.4. The van der Waals surface area contributed by atoms with Gasteiger partial charge in [0.25, 0.3) is 0 Å². The number of ketones is 3. The molecular formula is C59H72O18. The highest BCUT2D eigenvalue weighted by Crippen LogP contribution is 2.69. The molecular weight excluding hydrogens is 997 g/mol. The van der Waals surface area contributed by atoms with Crippen molar-refractivity contribution in [2.24, 2.45) is 17.8 Å². The number of esters is 2. The number of hydrogen-bond acceptors (Lipinski definition) is 18. The van der Waals surface area contributed by atoms with Crippen LogP contribution in [0.2, 0.25) is 0 Å². The first-order valence-electron chi connectivity index (χ1n) is 26.3. The third-order valence-corrected chi connectivity index (χ3v) is 15.5. The first-order chi connectivity index (χ1) is 36.4. The lowest BCUT2D eigenvalue weighted by atomic mass is 9.51. The highest BCUT2D eigenvalue weighted by molar-refractivity contribution is 6.19. The minimum atomic E-state index is -1.80. The Labute approximate surface area is 448 Å². The lowest BCUT2D eigenvalue weighted by molar-refractivity contribution is -0.277. The molecule has 1 saturated carbocycles. The van der Waals surface area contributed by atoms with Crippen LogP contribution in [0.25, 0.3) is 6.08 Å². The van der Waals surface area contributed by atoms with Crippen molar-refractivity contribution in [3.05, 3.63) is 99.2 Å². The van der Waals surface area contributed by atoms with Gasteiger partial charge in [-0.2, -0.15) is 0 Å². The number of hydrogen-bond donors (Lipinski definition) is 5. The summed E-state index contributed by atoms with van der Waals surface area (Å²) >= 11 is 0. The summed E-state index contributed by atoms with van der Waals surface area (Å²) in [5.41, 5.74) is -2.00. The maximum atomic E-state index is 15.9. The number of fused-ring (bicyclic) bond motifs is 2. The maximum absolute atomic E-state index is 15.9. The molecule has 2 saturated heterocycles. The first kappa shape index (κ1) is 57.3. The molecule has 2 aromatic carbocycles. The standard InChI is InChI=1S/C59H72O18/c1-31(2)11-10-20-57(9)21-19-39-49(75-57)38(17-12-32(3)4)51-44(50(39)74-54(69)34(6)27-41(62)35-13-15-37(16-14-35)72-55-48(66)47(65)46(64)42(30-61)73-55)45(63)40-28-36-29-43-56(7,8)77-58(52(36)67,59(40,43)76-51)22-18-33(5)53(68)71-26-25-70-24-23-60/h11-16,18-19,21,28,34,36,42-43,46-48,55,60-61,64-66H,10,17,20,22-27,29-30H2,1-9H3/b33-18-/t34?,36?,42-,43?,46-,47+,48-,55-,57?,58?,59?/m1/s1. The largest absolute Gasteiger partial charge is 0.482 e. The molecule has 5 N–H and O–H groups in total. The van der Waals surface area contributed by atoms with Crippen LogP contribution in [0.4, 0.5) is 0 Å². The van der Waals surface area contributed by atoms with Gasteiger partial charge >= 0.3 is 11.9 Å². The van der Waals surface area contributed by atoms with Gasteiger partial charge in [-0.1, -0.05) is 42.4 Å².